The lowest BCUT2D eigenvalue weighted by molar-refractivity contribution is 0.540. The van der Waals surface area contributed by atoms with Gasteiger partial charge in [-0.05, 0) is 6.42 Å². The fourth-order valence-electron chi connectivity index (χ4n) is 2.22. The quantitative estimate of drug-likeness (QED) is 0.493. The molecule has 1 unspecified atom stereocenters. The van der Waals surface area contributed by atoms with Gasteiger partial charge in [0.1, 0.15) is 5.84 Å². The first-order valence-corrected chi connectivity index (χ1v) is 7.28. The number of unbranched alkanes of at least 4 members (excludes halogenated alkanes) is 7. The standard InChI is InChI=1S/C15H27N2/c1-3-4-5-6-7-8-9-10-11-14(2)15-16-12-13-17-15/h12-14H,3-11H2,1-2H3. The minimum atomic E-state index is 0.532. The van der Waals surface area contributed by atoms with Crippen molar-refractivity contribution in [2.45, 2.75) is 71.6 Å². The Morgan fingerprint density at radius 3 is 2.18 bits per heavy atom. The Morgan fingerprint density at radius 1 is 0.941 bits per heavy atom. The van der Waals surface area contributed by atoms with E-state index < -0.39 is 0 Å². The third-order valence-electron chi connectivity index (χ3n) is 3.41. The molecule has 1 radical (unpaired) electrons. The van der Waals surface area contributed by atoms with E-state index in [0.29, 0.717) is 5.92 Å². The van der Waals surface area contributed by atoms with E-state index in [4.69, 9.17) is 0 Å². The number of aliphatic imine (C=N–C) groups is 1. The Kier molecular flexibility index (Phi) is 7.78. The van der Waals surface area contributed by atoms with Gasteiger partial charge in [-0.15, -0.1) is 0 Å². The first-order chi connectivity index (χ1) is 8.34. The Labute approximate surface area is 107 Å². The SMILES string of the molecule is CCCCCCCCCCC(C)C1=NC=C[N]1. The van der Waals surface area contributed by atoms with Crippen molar-refractivity contribution in [3.05, 3.63) is 12.4 Å². The van der Waals surface area contributed by atoms with Crippen molar-refractivity contribution in [1.82, 2.24) is 5.32 Å². The monoisotopic (exact) mass is 235 g/mol. The van der Waals surface area contributed by atoms with Crippen LogP contribution in [-0.2, 0) is 0 Å². The molecule has 0 bridgehead atoms. The third kappa shape index (κ3) is 6.50. The van der Waals surface area contributed by atoms with Gasteiger partial charge in [-0.1, -0.05) is 65.2 Å². The highest BCUT2D eigenvalue weighted by molar-refractivity contribution is 5.86. The van der Waals surface area contributed by atoms with Crippen LogP contribution in [0.1, 0.15) is 71.6 Å². The molecule has 97 valence electrons. The molecule has 0 amide bonds. The second-order valence-electron chi connectivity index (χ2n) is 5.08. The van der Waals surface area contributed by atoms with Gasteiger partial charge < -0.3 is 0 Å². The average Bonchev–Trinajstić information content (AvgIpc) is 2.86. The molecule has 0 spiro atoms. The maximum absolute atomic E-state index is 4.25. The molecule has 0 aromatic heterocycles. The van der Waals surface area contributed by atoms with Crippen LogP contribution in [0.25, 0.3) is 0 Å². The molecular weight excluding hydrogens is 208 g/mol. The predicted octanol–water partition coefficient (Wildman–Crippen LogP) is 4.64. The minimum absolute atomic E-state index is 0.532. The van der Waals surface area contributed by atoms with Crippen LogP contribution in [-0.4, -0.2) is 5.84 Å². The van der Waals surface area contributed by atoms with E-state index in [0.717, 1.165) is 5.84 Å². The predicted molar refractivity (Wildman–Crippen MR) is 75.1 cm³/mol. The second kappa shape index (κ2) is 9.26. The summed E-state index contributed by atoms with van der Waals surface area (Å²) in [5.41, 5.74) is 0. The third-order valence-corrected chi connectivity index (χ3v) is 3.41. The molecule has 1 aliphatic rings. The highest BCUT2D eigenvalue weighted by Crippen LogP contribution is 2.15. The van der Waals surface area contributed by atoms with E-state index in [1.54, 1.807) is 12.4 Å². The number of nitrogens with zero attached hydrogens (tertiary/aromatic N) is 2. The van der Waals surface area contributed by atoms with Crippen LogP contribution in [0.5, 0.6) is 0 Å². The van der Waals surface area contributed by atoms with Gasteiger partial charge in [0.2, 0.25) is 0 Å². The summed E-state index contributed by atoms with van der Waals surface area (Å²) >= 11 is 0. The van der Waals surface area contributed by atoms with Crippen molar-refractivity contribution in [3.8, 4) is 0 Å². The molecule has 1 heterocycles. The van der Waals surface area contributed by atoms with Crippen LogP contribution in [0.15, 0.2) is 17.4 Å². The molecule has 2 nitrogen and oxygen atoms in total. The Balaban J connectivity index is 1.87. The van der Waals surface area contributed by atoms with Gasteiger partial charge in [0.25, 0.3) is 0 Å². The van der Waals surface area contributed by atoms with Gasteiger partial charge in [0, 0.05) is 18.3 Å². The van der Waals surface area contributed by atoms with Crippen LogP contribution >= 0.6 is 0 Å². The zero-order chi connectivity index (χ0) is 12.3. The normalized spacial score (nSPS) is 15.8. The molecular formula is C15H27N2. The van der Waals surface area contributed by atoms with Crippen LogP contribution in [0, 0.1) is 5.92 Å². The number of hydrogen-bond donors (Lipinski definition) is 0. The topological polar surface area (TPSA) is 26.5 Å². The number of amidine groups is 1. The lowest BCUT2D eigenvalue weighted by atomic mass is 10.0. The zero-order valence-corrected chi connectivity index (χ0v) is 11.5. The Morgan fingerprint density at radius 2 is 1.59 bits per heavy atom. The van der Waals surface area contributed by atoms with Crippen molar-refractivity contribution in [2.24, 2.45) is 10.9 Å². The van der Waals surface area contributed by atoms with Crippen LogP contribution in [0.3, 0.4) is 0 Å². The smallest absolute Gasteiger partial charge is 0.131 e. The summed E-state index contributed by atoms with van der Waals surface area (Å²) in [4.78, 5) is 4.25. The molecule has 0 fully saturated rings. The maximum Gasteiger partial charge on any atom is 0.131 e. The average molecular weight is 235 g/mol. The lowest BCUT2D eigenvalue weighted by Crippen LogP contribution is -2.16. The van der Waals surface area contributed by atoms with E-state index in [9.17, 15) is 0 Å². The fourth-order valence-corrected chi connectivity index (χ4v) is 2.22. The molecule has 1 aliphatic heterocycles. The van der Waals surface area contributed by atoms with Crippen molar-refractivity contribution in [2.75, 3.05) is 0 Å². The highest BCUT2D eigenvalue weighted by Gasteiger charge is 2.11. The first kappa shape index (κ1) is 14.3. The van der Waals surface area contributed by atoms with Crippen LogP contribution < -0.4 is 5.32 Å². The summed E-state index contributed by atoms with van der Waals surface area (Å²) in [6.45, 7) is 4.50. The molecule has 0 aliphatic carbocycles. The molecule has 0 saturated carbocycles. The molecule has 0 saturated heterocycles. The van der Waals surface area contributed by atoms with E-state index in [1.807, 2.05) is 0 Å². The molecule has 2 heteroatoms. The van der Waals surface area contributed by atoms with E-state index >= 15 is 0 Å². The van der Waals surface area contributed by atoms with E-state index in [-0.39, 0.29) is 0 Å². The number of hydrogen-bond acceptors (Lipinski definition) is 1. The molecule has 0 aromatic rings. The van der Waals surface area contributed by atoms with Crippen molar-refractivity contribution >= 4 is 5.84 Å². The molecule has 17 heavy (non-hydrogen) atoms. The van der Waals surface area contributed by atoms with Gasteiger partial charge in [0.15, 0.2) is 0 Å². The van der Waals surface area contributed by atoms with Crippen molar-refractivity contribution in [3.63, 3.8) is 0 Å². The van der Waals surface area contributed by atoms with Crippen LogP contribution in [0.2, 0.25) is 0 Å². The maximum atomic E-state index is 4.25. The van der Waals surface area contributed by atoms with E-state index in [2.05, 4.69) is 24.2 Å². The summed E-state index contributed by atoms with van der Waals surface area (Å²) in [6, 6.07) is 0. The largest absolute Gasteiger partial charge is 0.240 e. The highest BCUT2D eigenvalue weighted by atomic mass is 15.0. The van der Waals surface area contributed by atoms with Gasteiger partial charge in [-0.2, -0.15) is 0 Å². The minimum Gasteiger partial charge on any atom is -0.240 e. The van der Waals surface area contributed by atoms with Gasteiger partial charge in [-0.25, -0.2) is 10.3 Å². The Bertz CT molecular complexity index is 243. The number of rotatable bonds is 10. The van der Waals surface area contributed by atoms with Gasteiger partial charge >= 0.3 is 0 Å². The summed E-state index contributed by atoms with van der Waals surface area (Å²) in [5, 5.41) is 4.25. The Hall–Kier alpha value is -0.790. The summed E-state index contributed by atoms with van der Waals surface area (Å²) in [7, 11) is 0. The van der Waals surface area contributed by atoms with E-state index in [1.165, 1.54) is 57.8 Å². The first-order valence-electron chi connectivity index (χ1n) is 7.28. The lowest BCUT2D eigenvalue weighted by Gasteiger charge is -2.09. The summed E-state index contributed by atoms with van der Waals surface area (Å²) in [5.74, 6) is 1.55. The van der Waals surface area contributed by atoms with Crippen molar-refractivity contribution < 1.29 is 0 Å². The van der Waals surface area contributed by atoms with Gasteiger partial charge in [-0.3, -0.25) is 0 Å². The van der Waals surface area contributed by atoms with Crippen molar-refractivity contribution in [1.29, 1.82) is 0 Å². The zero-order valence-electron chi connectivity index (χ0n) is 11.5. The van der Waals surface area contributed by atoms with Crippen LogP contribution in [0.4, 0.5) is 0 Å². The molecule has 1 atom stereocenters. The molecule has 1 rings (SSSR count). The summed E-state index contributed by atoms with van der Waals surface area (Å²) < 4.78 is 0. The second-order valence-corrected chi connectivity index (χ2v) is 5.08. The van der Waals surface area contributed by atoms with Gasteiger partial charge in [0.05, 0.1) is 0 Å². The fraction of sp³-hybridized carbons (Fsp3) is 0.800. The molecule has 0 N–H and O–H groups in total. The summed E-state index contributed by atoms with van der Waals surface area (Å²) in [6.07, 6.45) is 15.9. The molecule has 0 aromatic carbocycles.